The van der Waals surface area contributed by atoms with Crippen LogP contribution in [0.1, 0.15) is 25.7 Å². The molecule has 2 aliphatic rings. The summed E-state index contributed by atoms with van der Waals surface area (Å²) in [6.07, 6.45) is 5.83. The SMILES string of the molecule is CPC1CC2CCC(C1)N2. The highest BCUT2D eigenvalue weighted by Gasteiger charge is 2.32. The standard InChI is InChI=1S/C8H16NP/c1-10-8-4-6-2-3-7(5-8)9-6/h6-10H,2-5H2,1H3. The molecule has 0 amide bonds. The summed E-state index contributed by atoms with van der Waals surface area (Å²) in [5, 5.41) is 3.66. The lowest BCUT2D eigenvalue weighted by molar-refractivity contribution is 0.413. The van der Waals surface area contributed by atoms with Crippen LogP contribution < -0.4 is 5.32 Å². The zero-order valence-electron chi connectivity index (χ0n) is 6.56. The minimum absolute atomic E-state index is 0.899. The van der Waals surface area contributed by atoms with Crippen molar-refractivity contribution in [1.29, 1.82) is 0 Å². The molecule has 2 aliphatic heterocycles. The number of fused-ring (bicyclic) bond motifs is 2. The molecule has 0 radical (unpaired) electrons. The number of rotatable bonds is 1. The molecule has 58 valence electrons. The van der Waals surface area contributed by atoms with Crippen molar-refractivity contribution in [3.05, 3.63) is 0 Å². The number of nitrogens with one attached hydrogen (secondary N) is 1. The van der Waals surface area contributed by atoms with Crippen molar-refractivity contribution in [3.63, 3.8) is 0 Å². The van der Waals surface area contributed by atoms with Crippen molar-refractivity contribution in [1.82, 2.24) is 5.32 Å². The minimum atomic E-state index is 0.899. The lowest BCUT2D eigenvalue weighted by Crippen LogP contribution is -2.38. The maximum atomic E-state index is 3.66. The van der Waals surface area contributed by atoms with Gasteiger partial charge in [0.2, 0.25) is 0 Å². The first kappa shape index (κ1) is 7.06. The molecule has 3 unspecified atom stereocenters. The first-order valence-electron chi connectivity index (χ1n) is 4.32. The van der Waals surface area contributed by atoms with E-state index in [-0.39, 0.29) is 0 Å². The lowest BCUT2D eigenvalue weighted by atomic mass is 10.1. The monoisotopic (exact) mass is 157 g/mol. The Morgan fingerprint density at radius 1 is 1.20 bits per heavy atom. The minimum Gasteiger partial charge on any atom is -0.311 e. The van der Waals surface area contributed by atoms with Crippen LogP contribution in [-0.4, -0.2) is 24.4 Å². The first-order chi connectivity index (χ1) is 4.88. The second kappa shape index (κ2) is 2.79. The smallest absolute Gasteiger partial charge is 0.00761 e. The molecule has 2 rings (SSSR count). The molecule has 0 spiro atoms. The average molecular weight is 157 g/mol. The Hall–Kier alpha value is 0.390. The van der Waals surface area contributed by atoms with Gasteiger partial charge >= 0.3 is 0 Å². The Kier molecular flexibility index (Phi) is 1.97. The predicted molar refractivity (Wildman–Crippen MR) is 47.2 cm³/mol. The fourth-order valence-corrected chi connectivity index (χ4v) is 3.33. The summed E-state index contributed by atoms with van der Waals surface area (Å²) in [5.41, 5.74) is 1.07. The van der Waals surface area contributed by atoms with E-state index >= 15 is 0 Å². The molecule has 0 saturated carbocycles. The van der Waals surface area contributed by atoms with Crippen molar-refractivity contribution in [2.45, 2.75) is 43.4 Å². The Morgan fingerprint density at radius 2 is 1.80 bits per heavy atom. The number of piperidine rings is 1. The van der Waals surface area contributed by atoms with E-state index in [1.807, 2.05) is 0 Å². The predicted octanol–water partition coefficient (Wildman–Crippen LogP) is 1.58. The third kappa shape index (κ3) is 1.22. The van der Waals surface area contributed by atoms with Crippen LogP contribution in [0.2, 0.25) is 0 Å². The van der Waals surface area contributed by atoms with Gasteiger partial charge in [-0.2, -0.15) is 0 Å². The highest BCUT2D eigenvalue weighted by atomic mass is 31.1. The molecular formula is C8H16NP. The highest BCUT2D eigenvalue weighted by molar-refractivity contribution is 7.37. The number of hydrogen-bond donors (Lipinski definition) is 1. The summed E-state index contributed by atoms with van der Waals surface area (Å²) < 4.78 is 0. The van der Waals surface area contributed by atoms with Crippen molar-refractivity contribution in [2.75, 3.05) is 6.66 Å². The number of hydrogen-bond acceptors (Lipinski definition) is 1. The first-order valence-corrected chi connectivity index (χ1v) is 5.89. The average Bonchev–Trinajstić information content (AvgIpc) is 2.30. The largest absolute Gasteiger partial charge is 0.311 e. The van der Waals surface area contributed by atoms with Gasteiger partial charge in [0.25, 0.3) is 0 Å². The molecule has 2 heteroatoms. The van der Waals surface area contributed by atoms with Crippen LogP contribution >= 0.6 is 8.58 Å². The van der Waals surface area contributed by atoms with Gasteiger partial charge in [-0.1, -0.05) is 0 Å². The fourth-order valence-electron chi connectivity index (χ4n) is 2.29. The molecule has 1 N–H and O–H groups in total. The molecule has 0 aromatic carbocycles. The molecule has 10 heavy (non-hydrogen) atoms. The van der Waals surface area contributed by atoms with E-state index in [0.717, 1.165) is 17.7 Å². The van der Waals surface area contributed by atoms with E-state index in [0.29, 0.717) is 0 Å². The van der Waals surface area contributed by atoms with E-state index in [1.54, 1.807) is 0 Å². The quantitative estimate of drug-likeness (QED) is 0.570. The second-order valence-electron chi connectivity index (χ2n) is 3.59. The molecule has 2 saturated heterocycles. The molecule has 1 nitrogen and oxygen atoms in total. The molecule has 2 heterocycles. The zero-order valence-corrected chi connectivity index (χ0v) is 7.56. The summed E-state index contributed by atoms with van der Waals surface area (Å²) in [6, 6.07) is 1.80. The van der Waals surface area contributed by atoms with Crippen LogP contribution in [0.5, 0.6) is 0 Å². The van der Waals surface area contributed by atoms with Crippen LogP contribution in [0.25, 0.3) is 0 Å². The molecule has 0 aromatic heterocycles. The summed E-state index contributed by atoms with van der Waals surface area (Å²) in [4.78, 5) is 0. The van der Waals surface area contributed by atoms with Gasteiger partial charge in [0, 0.05) is 12.1 Å². The molecule has 2 fully saturated rings. The van der Waals surface area contributed by atoms with Crippen LogP contribution in [0.4, 0.5) is 0 Å². The lowest BCUT2D eigenvalue weighted by Gasteiger charge is -2.27. The fraction of sp³-hybridized carbons (Fsp3) is 1.00. The Balaban J connectivity index is 1.96. The molecule has 3 atom stereocenters. The maximum absolute atomic E-state index is 3.66. The molecular weight excluding hydrogens is 141 g/mol. The van der Waals surface area contributed by atoms with Gasteiger partial charge < -0.3 is 5.32 Å². The van der Waals surface area contributed by atoms with E-state index in [1.165, 1.54) is 34.3 Å². The molecule has 0 aliphatic carbocycles. The van der Waals surface area contributed by atoms with Gasteiger partial charge in [-0.3, -0.25) is 0 Å². The van der Waals surface area contributed by atoms with Gasteiger partial charge in [0.05, 0.1) is 0 Å². The summed E-state index contributed by atoms with van der Waals surface area (Å²) >= 11 is 0. The summed E-state index contributed by atoms with van der Waals surface area (Å²) in [6.45, 7) is 2.36. The van der Waals surface area contributed by atoms with Crippen molar-refractivity contribution in [3.8, 4) is 0 Å². The molecule has 2 bridgehead atoms. The van der Waals surface area contributed by atoms with Gasteiger partial charge in [-0.25, -0.2) is 0 Å². The maximum Gasteiger partial charge on any atom is 0.00761 e. The Labute approximate surface area is 64.7 Å². The normalized spacial score (nSPS) is 47.1. The van der Waals surface area contributed by atoms with Crippen LogP contribution in [0.15, 0.2) is 0 Å². The van der Waals surface area contributed by atoms with Crippen LogP contribution in [-0.2, 0) is 0 Å². The van der Waals surface area contributed by atoms with E-state index in [9.17, 15) is 0 Å². The third-order valence-electron chi connectivity index (χ3n) is 2.88. The highest BCUT2D eigenvalue weighted by Crippen LogP contribution is 2.34. The van der Waals surface area contributed by atoms with Gasteiger partial charge in [-0.05, 0) is 38.0 Å². The summed E-state index contributed by atoms with van der Waals surface area (Å²) in [5.74, 6) is 0. The van der Waals surface area contributed by atoms with E-state index in [4.69, 9.17) is 0 Å². The Bertz CT molecular complexity index is 114. The molecule has 0 aromatic rings. The van der Waals surface area contributed by atoms with E-state index in [2.05, 4.69) is 12.0 Å². The zero-order chi connectivity index (χ0) is 6.97. The van der Waals surface area contributed by atoms with Gasteiger partial charge in [0.1, 0.15) is 0 Å². The van der Waals surface area contributed by atoms with Crippen LogP contribution in [0.3, 0.4) is 0 Å². The van der Waals surface area contributed by atoms with Crippen molar-refractivity contribution >= 4 is 8.58 Å². The van der Waals surface area contributed by atoms with E-state index < -0.39 is 0 Å². The van der Waals surface area contributed by atoms with Crippen LogP contribution in [0, 0.1) is 0 Å². The second-order valence-corrected chi connectivity index (χ2v) is 4.99. The van der Waals surface area contributed by atoms with Crippen molar-refractivity contribution in [2.24, 2.45) is 0 Å². The van der Waals surface area contributed by atoms with Gasteiger partial charge in [0.15, 0.2) is 0 Å². The van der Waals surface area contributed by atoms with Crippen molar-refractivity contribution < 1.29 is 0 Å². The Morgan fingerprint density at radius 3 is 2.30 bits per heavy atom. The topological polar surface area (TPSA) is 12.0 Å². The summed E-state index contributed by atoms with van der Waals surface area (Å²) in [7, 11) is 1.18. The third-order valence-corrected chi connectivity index (χ3v) is 4.17. The van der Waals surface area contributed by atoms with Gasteiger partial charge in [-0.15, -0.1) is 8.58 Å².